The summed E-state index contributed by atoms with van der Waals surface area (Å²) >= 11 is 12.8. The van der Waals surface area contributed by atoms with Crippen LogP contribution >= 0.6 is 23.2 Å². The molecule has 0 amide bonds. The summed E-state index contributed by atoms with van der Waals surface area (Å²) in [4.78, 5) is 17.9. The van der Waals surface area contributed by atoms with Crippen LogP contribution < -0.4 is 0 Å². The van der Waals surface area contributed by atoms with E-state index >= 15 is 0 Å². The van der Waals surface area contributed by atoms with E-state index in [2.05, 4.69) is 0 Å². The molecule has 0 spiro atoms. The predicted molar refractivity (Wildman–Crippen MR) is 119 cm³/mol. The highest BCUT2D eigenvalue weighted by Gasteiger charge is 2.25. The zero-order valence-electron chi connectivity index (χ0n) is 15.7. The number of carbonyl (C=O) groups is 1. The molecule has 0 atom stereocenters. The van der Waals surface area contributed by atoms with Gasteiger partial charge < -0.3 is 4.74 Å². The van der Waals surface area contributed by atoms with Crippen molar-refractivity contribution in [3.63, 3.8) is 0 Å². The van der Waals surface area contributed by atoms with Gasteiger partial charge in [0.25, 0.3) is 0 Å². The lowest BCUT2D eigenvalue weighted by Gasteiger charge is -2.18. The summed E-state index contributed by atoms with van der Waals surface area (Å²) in [6.07, 6.45) is 0. The molecule has 0 aliphatic rings. The average molecular weight is 422 g/mol. The number of nitrogens with zero attached hydrogens (tertiary/aromatic N) is 1. The van der Waals surface area contributed by atoms with Gasteiger partial charge in [-0.3, -0.25) is 0 Å². The van der Waals surface area contributed by atoms with E-state index in [1.54, 1.807) is 25.1 Å². The number of hydrogen-bond donors (Lipinski definition) is 0. The summed E-state index contributed by atoms with van der Waals surface area (Å²) in [5.74, 6) is -0.448. The third kappa shape index (κ3) is 3.71. The average Bonchev–Trinajstić information content (AvgIpc) is 2.74. The summed E-state index contributed by atoms with van der Waals surface area (Å²) in [5, 5.41) is 1.83. The summed E-state index contributed by atoms with van der Waals surface area (Å²) in [6, 6.07) is 22.4. The number of fused-ring (bicyclic) bond motifs is 1. The van der Waals surface area contributed by atoms with Crippen LogP contribution in [0, 0.1) is 0 Å². The number of hydrogen-bond acceptors (Lipinski definition) is 3. The summed E-state index contributed by atoms with van der Waals surface area (Å²) in [7, 11) is 0. The molecule has 1 aromatic heterocycles. The minimum absolute atomic E-state index is 0.253. The van der Waals surface area contributed by atoms with E-state index in [1.165, 1.54) is 0 Å². The van der Waals surface area contributed by atoms with Crippen molar-refractivity contribution < 1.29 is 9.53 Å². The third-order valence-corrected chi connectivity index (χ3v) is 5.18. The lowest BCUT2D eigenvalue weighted by Crippen LogP contribution is -2.11. The van der Waals surface area contributed by atoms with Crippen molar-refractivity contribution in [1.29, 1.82) is 0 Å². The van der Waals surface area contributed by atoms with Gasteiger partial charge in [-0.15, -0.1) is 0 Å². The van der Waals surface area contributed by atoms with Gasteiger partial charge in [0.05, 0.1) is 23.4 Å². The fourth-order valence-electron chi connectivity index (χ4n) is 3.39. The van der Waals surface area contributed by atoms with Crippen LogP contribution in [-0.4, -0.2) is 17.6 Å². The standard InChI is InChI=1S/C24H17Cl2NO2/c1-2-29-24(28)22-21(17-10-6-7-11-19(17)26)18-14-16(25)12-13-20(18)27-23(22)15-8-4-3-5-9-15/h3-14H,2H2,1H3. The topological polar surface area (TPSA) is 39.2 Å². The molecule has 144 valence electrons. The van der Waals surface area contributed by atoms with Crippen molar-refractivity contribution in [2.24, 2.45) is 0 Å². The second-order valence-electron chi connectivity index (χ2n) is 6.44. The zero-order chi connectivity index (χ0) is 20.4. The molecule has 0 aliphatic carbocycles. The fourth-order valence-corrected chi connectivity index (χ4v) is 3.79. The van der Waals surface area contributed by atoms with Gasteiger partial charge in [-0.25, -0.2) is 9.78 Å². The number of halogens is 2. The first-order valence-electron chi connectivity index (χ1n) is 9.21. The Balaban J connectivity index is 2.19. The predicted octanol–water partition coefficient (Wildman–Crippen LogP) is 7.05. The van der Waals surface area contributed by atoms with Crippen LogP contribution in [0.1, 0.15) is 17.3 Å². The minimum atomic E-state index is -0.448. The highest BCUT2D eigenvalue weighted by Crippen LogP contribution is 2.40. The second-order valence-corrected chi connectivity index (χ2v) is 7.28. The van der Waals surface area contributed by atoms with Crippen LogP contribution in [-0.2, 0) is 4.74 Å². The zero-order valence-corrected chi connectivity index (χ0v) is 17.2. The first-order chi connectivity index (χ1) is 14.1. The van der Waals surface area contributed by atoms with Gasteiger partial charge in [0.15, 0.2) is 0 Å². The van der Waals surface area contributed by atoms with Crippen molar-refractivity contribution in [2.45, 2.75) is 6.92 Å². The molecule has 29 heavy (non-hydrogen) atoms. The summed E-state index contributed by atoms with van der Waals surface area (Å²) < 4.78 is 5.42. The summed E-state index contributed by atoms with van der Waals surface area (Å²) in [6.45, 7) is 2.03. The largest absolute Gasteiger partial charge is 0.462 e. The fraction of sp³-hybridized carbons (Fsp3) is 0.0833. The maximum atomic E-state index is 13.1. The Labute approximate surface area is 178 Å². The highest BCUT2D eigenvalue weighted by molar-refractivity contribution is 6.34. The number of pyridine rings is 1. The number of aromatic nitrogens is 1. The maximum absolute atomic E-state index is 13.1. The first kappa shape index (κ1) is 19.4. The van der Waals surface area contributed by atoms with Gasteiger partial charge in [0.2, 0.25) is 0 Å². The molecule has 4 rings (SSSR count). The number of carbonyl (C=O) groups excluding carboxylic acids is 1. The lowest BCUT2D eigenvalue weighted by atomic mass is 9.92. The molecule has 1 heterocycles. The van der Waals surface area contributed by atoms with E-state index in [1.807, 2.05) is 54.6 Å². The molecule has 0 saturated carbocycles. The van der Waals surface area contributed by atoms with Crippen LogP contribution in [0.15, 0.2) is 72.8 Å². The molecular formula is C24H17Cl2NO2. The lowest BCUT2D eigenvalue weighted by molar-refractivity contribution is 0.0528. The molecule has 0 aliphatic heterocycles. The maximum Gasteiger partial charge on any atom is 0.341 e. The first-order valence-corrected chi connectivity index (χ1v) is 9.96. The molecular weight excluding hydrogens is 405 g/mol. The van der Waals surface area contributed by atoms with Crippen LogP contribution in [0.4, 0.5) is 0 Å². The van der Waals surface area contributed by atoms with Gasteiger partial charge in [0, 0.05) is 32.1 Å². The molecule has 0 fully saturated rings. The van der Waals surface area contributed by atoms with E-state index < -0.39 is 5.97 Å². The van der Waals surface area contributed by atoms with Crippen LogP contribution in [0.25, 0.3) is 33.3 Å². The van der Waals surface area contributed by atoms with E-state index in [9.17, 15) is 4.79 Å². The Morgan fingerprint density at radius 1 is 0.966 bits per heavy atom. The number of esters is 1. The van der Waals surface area contributed by atoms with E-state index in [0.717, 1.165) is 22.0 Å². The number of ether oxygens (including phenoxy) is 1. The molecule has 0 radical (unpaired) electrons. The van der Waals surface area contributed by atoms with Crippen LogP contribution in [0.5, 0.6) is 0 Å². The van der Waals surface area contributed by atoms with Crippen molar-refractivity contribution in [3.05, 3.63) is 88.4 Å². The van der Waals surface area contributed by atoms with Crippen molar-refractivity contribution in [2.75, 3.05) is 6.61 Å². The minimum Gasteiger partial charge on any atom is -0.462 e. The Bertz CT molecular complexity index is 1210. The van der Waals surface area contributed by atoms with Gasteiger partial charge in [-0.2, -0.15) is 0 Å². The quantitative estimate of drug-likeness (QED) is 0.331. The monoisotopic (exact) mass is 421 g/mol. The normalized spacial score (nSPS) is 10.9. The van der Waals surface area contributed by atoms with E-state index in [0.29, 0.717) is 26.9 Å². The number of benzene rings is 3. The molecule has 3 nitrogen and oxygen atoms in total. The Hall–Kier alpha value is -2.88. The SMILES string of the molecule is CCOC(=O)c1c(-c2ccccc2)nc2ccc(Cl)cc2c1-c1ccccc1Cl. The molecule has 0 N–H and O–H groups in total. The molecule has 3 aromatic carbocycles. The highest BCUT2D eigenvalue weighted by atomic mass is 35.5. The second kappa shape index (κ2) is 8.24. The molecule has 0 saturated heterocycles. The van der Waals surface area contributed by atoms with Crippen molar-refractivity contribution in [3.8, 4) is 22.4 Å². The van der Waals surface area contributed by atoms with E-state index in [4.69, 9.17) is 32.9 Å². The third-order valence-electron chi connectivity index (χ3n) is 4.62. The van der Waals surface area contributed by atoms with Gasteiger partial charge >= 0.3 is 5.97 Å². The molecule has 5 heteroatoms. The number of rotatable bonds is 4. The van der Waals surface area contributed by atoms with Crippen LogP contribution in [0.3, 0.4) is 0 Å². The van der Waals surface area contributed by atoms with Crippen molar-refractivity contribution >= 4 is 40.1 Å². The summed E-state index contributed by atoms with van der Waals surface area (Å²) in [5.41, 5.74) is 3.86. The van der Waals surface area contributed by atoms with Crippen LogP contribution in [0.2, 0.25) is 10.0 Å². The van der Waals surface area contributed by atoms with Gasteiger partial charge in [-0.05, 0) is 31.2 Å². The smallest absolute Gasteiger partial charge is 0.341 e. The Morgan fingerprint density at radius 3 is 2.41 bits per heavy atom. The van der Waals surface area contributed by atoms with Gasteiger partial charge in [-0.1, -0.05) is 71.7 Å². The molecule has 4 aromatic rings. The van der Waals surface area contributed by atoms with Gasteiger partial charge in [0.1, 0.15) is 0 Å². The van der Waals surface area contributed by atoms with E-state index in [-0.39, 0.29) is 6.61 Å². The molecule has 0 bridgehead atoms. The van der Waals surface area contributed by atoms with Crippen molar-refractivity contribution in [1.82, 2.24) is 4.98 Å². The Morgan fingerprint density at radius 2 is 1.69 bits per heavy atom. The molecule has 0 unspecified atom stereocenters. The Kier molecular flexibility index (Phi) is 5.52.